The molecule has 7 rings (SSSR count). The number of hydrogen-bond donors (Lipinski definition) is 3. The highest BCUT2D eigenvalue weighted by atomic mass is 19.1. The van der Waals surface area contributed by atoms with Crippen LogP contribution in [0.4, 0.5) is 15.8 Å². The molecule has 0 aliphatic carbocycles. The fourth-order valence-electron chi connectivity index (χ4n) is 6.73. The minimum atomic E-state index is -1.29. The van der Waals surface area contributed by atoms with Crippen LogP contribution in [0.1, 0.15) is 16.8 Å². The number of pyridine rings is 3. The van der Waals surface area contributed by atoms with Gasteiger partial charge in [-0.25, -0.2) is 19.2 Å². The summed E-state index contributed by atoms with van der Waals surface area (Å²) < 4.78 is 16.4. The molecule has 0 bridgehead atoms. The van der Waals surface area contributed by atoms with Crippen molar-refractivity contribution in [1.29, 1.82) is 0 Å². The van der Waals surface area contributed by atoms with E-state index >= 15 is 0 Å². The SMILES string of the molecule is CNc1cc(F)cc2c1[nH]c1ncc(-c3cnc4c(c3)c(=O)c(C(=O)O)cn4C)c(N3CC[C@H]4CN(C)C[C@H]43)c12. The van der Waals surface area contributed by atoms with Gasteiger partial charge in [0.1, 0.15) is 22.7 Å². The van der Waals surface area contributed by atoms with Gasteiger partial charge < -0.3 is 29.8 Å². The fraction of sp³-hybridized carbons (Fsp3) is 0.310. The number of aromatic carboxylic acids is 1. The van der Waals surface area contributed by atoms with Gasteiger partial charge in [0.2, 0.25) is 5.43 Å². The van der Waals surface area contributed by atoms with Crippen LogP contribution in [0.3, 0.4) is 0 Å². The van der Waals surface area contributed by atoms with Crippen LogP contribution in [0.2, 0.25) is 0 Å². The molecule has 2 atom stereocenters. The van der Waals surface area contributed by atoms with E-state index in [2.05, 4.69) is 32.1 Å². The maximum atomic E-state index is 14.9. The standard InChI is InChI=1S/C29H28FN7O3/c1-31-21-8-16(30)7-17-23-25(37-5-4-14-11-35(2)13-22(14)37)19(10-32-27(23)34-24(17)21)15-6-18-26(38)20(29(39)40)12-36(3)28(18)33-9-15/h6-10,12,14,22,31H,4-5,11,13H2,1-3H3,(H,32,34)(H,39,40)/t14-,22+/m0/s1. The zero-order valence-electron chi connectivity index (χ0n) is 22.3. The highest BCUT2D eigenvalue weighted by molar-refractivity contribution is 6.18. The molecule has 40 heavy (non-hydrogen) atoms. The van der Waals surface area contributed by atoms with Crippen molar-refractivity contribution in [3.63, 3.8) is 0 Å². The van der Waals surface area contributed by atoms with Gasteiger partial charge in [-0.3, -0.25) is 4.79 Å². The van der Waals surface area contributed by atoms with Crippen molar-refractivity contribution in [2.45, 2.75) is 12.5 Å². The number of halogens is 1. The Morgan fingerprint density at radius 2 is 1.98 bits per heavy atom. The van der Waals surface area contributed by atoms with Crippen molar-refractivity contribution in [2.75, 3.05) is 43.9 Å². The minimum absolute atomic E-state index is 0.216. The van der Waals surface area contributed by atoms with Crippen LogP contribution in [0.25, 0.3) is 44.1 Å². The lowest BCUT2D eigenvalue weighted by molar-refractivity contribution is 0.0695. The lowest BCUT2D eigenvalue weighted by Gasteiger charge is -2.29. The summed E-state index contributed by atoms with van der Waals surface area (Å²) in [7, 11) is 5.55. The second kappa shape index (κ2) is 8.75. The summed E-state index contributed by atoms with van der Waals surface area (Å²) >= 11 is 0. The summed E-state index contributed by atoms with van der Waals surface area (Å²) in [4.78, 5) is 42.4. The van der Waals surface area contributed by atoms with Gasteiger partial charge in [0.05, 0.1) is 27.7 Å². The van der Waals surface area contributed by atoms with E-state index in [4.69, 9.17) is 4.98 Å². The van der Waals surface area contributed by atoms with Crippen molar-refractivity contribution in [3.8, 4) is 11.1 Å². The number of aryl methyl sites for hydroxylation is 1. The molecule has 2 fully saturated rings. The third-order valence-corrected chi connectivity index (χ3v) is 8.51. The van der Waals surface area contributed by atoms with E-state index in [0.29, 0.717) is 28.5 Å². The Morgan fingerprint density at radius 3 is 2.75 bits per heavy atom. The number of carboxylic acid groups (broad SMARTS) is 1. The van der Waals surface area contributed by atoms with E-state index in [9.17, 15) is 19.1 Å². The molecule has 4 aromatic heterocycles. The number of aromatic nitrogens is 4. The number of carbonyl (C=O) groups is 1. The van der Waals surface area contributed by atoms with Crippen LogP contribution >= 0.6 is 0 Å². The van der Waals surface area contributed by atoms with Crippen LogP contribution in [0, 0.1) is 11.7 Å². The van der Waals surface area contributed by atoms with Gasteiger partial charge >= 0.3 is 5.97 Å². The molecule has 10 nitrogen and oxygen atoms in total. The lowest BCUT2D eigenvalue weighted by atomic mass is 9.99. The van der Waals surface area contributed by atoms with Crippen LogP contribution < -0.4 is 15.6 Å². The van der Waals surface area contributed by atoms with Gasteiger partial charge in [0, 0.05) is 74.9 Å². The number of anilines is 2. The number of fused-ring (bicyclic) bond motifs is 5. The van der Waals surface area contributed by atoms with Crippen LogP contribution in [-0.2, 0) is 7.05 Å². The first-order valence-electron chi connectivity index (χ1n) is 13.2. The Bertz CT molecular complexity index is 1930. The number of likely N-dealkylation sites (tertiary alicyclic amines) is 1. The fourth-order valence-corrected chi connectivity index (χ4v) is 6.73. The van der Waals surface area contributed by atoms with E-state index in [1.807, 2.05) is 0 Å². The number of hydrogen-bond acceptors (Lipinski definition) is 7. The number of aromatic amines is 1. The van der Waals surface area contributed by atoms with Gasteiger partial charge in [-0.15, -0.1) is 0 Å². The monoisotopic (exact) mass is 541 g/mol. The topological polar surface area (TPSA) is 119 Å². The minimum Gasteiger partial charge on any atom is -0.477 e. The molecule has 0 spiro atoms. The number of rotatable bonds is 4. The molecule has 6 heterocycles. The van der Waals surface area contributed by atoms with Crippen molar-refractivity contribution in [3.05, 3.63) is 58.4 Å². The van der Waals surface area contributed by atoms with Crippen molar-refractivity contribution in [1.82, 2.24) is 24.4 Å². The Hall–Kier alpha value is -4.51. The van der Waals surface area contributed by atoms with E-state index in [0.717, 1.165) is 53.6 Å². The first-order valence-corrected chi connectivity index (χ1v) is 13.2. The molecule has 2 aliphatic rings. The normalized spacial score (nSPS) is 19.2. The summed E-state index contributed by atoms with van der Waals surface area (Å²) in [6.07, 6.45) is 5.79. The van der Waals surface area contributed by atoms with E-state index in [1.165, 1.54) is 18.3 Å². The highest BCUT2D eigenvalue weighted by Gasteiger charge is 2.41. The zero-order valence-corrected chi connectivity index (χ0v) is 22.3. The van der Waals surface area contributed by atoms with Crippen LogP contribution in [0.5, 0.6) is 0 Å². The first-order chi connectivity index (χ1) is 19.2. The molecular weight excluding hydrogens is 513 g/mol. The molecule has 0 amide bonds. The molecule has 11 heteroatoms. The average molecular weight is 542 g/mol. The van der Waals surface area contributed by atoms with Crippen molar-refractivity contribution in [2.24, 2.45) is 13.0 Å². The number of carboxylic acids is 1. The molecule has 2 saturated heterocycles. The number of nitrogens with one attached hydrogen (secondary N) is 2. The zero-order chi connectivity index (χ0) is 27.9. The maximum absolute atomic E-state index is 14.9. The lowest BCUT2D eigenvalue weighted by Crippen LogP contribution is -2.35. The molecule has 1 aromatic carbocycles. The number of nitrogens with zero attached hydrogens (tertiary/aromatic N) is 5. The molecule has 204 valence electrons. The molecule has 0 saturated carbocycles. The van der Waals surface area contributed by atoms with Crippen molar-refractivity contribution >= 4 is 50.3 Å². The smallest absolute Gasteiger partial charge is 0.341 e. The Morgan fingerprint density at radius 1 is 1.15 bits per heavy atom. The molecular formula is C29H28FN7O3. The van der Waals surface area contributed by atoms with Gasteiger partial charge in [0.25, 0.3) is 0 Å². The summed E-state index contributed by atoms with van der Waals surface area (Å²) in [6, 6.07) is 4.97. The van der Waals surface area contributed by atoms with Gasteiger partial charge in [0.15, 0.2) is 0 Å². The Balaban J connectivity index is 1.55. The molecule has 0 radical (unpaired) electrons. The number of likely N-dealkylation sites (N-methyl/N-ethyl adjacent to an activating group) is 1. The van der Waals surface area contributed by atoms with E-state index in [-0.39, 0.29) is 22.8 Å². The quantitative estimate of drug-likeness (QED) is 0.316. The van der Waals surface area contributed by atoms with Gasteiger partial charge in [-0.1, -0.05) is 0 Å². The largest absolute Gasteiger partial charge is 0.477 e. The van der Waals surface area contributed by atoms with Gasteiger partial charge in [-0.05, 0) is 37.6 Å². The van der Waals surface area contributed by atoms with Crippen LogP contribution in [0.15, 0.2) is 41.6 Å². The van der Waals surface area contributed by atoms with Gasteiger partial charge in [-0.2, -0.15) is 0 Å². The molecule has 3 N–H and O–H groups in total. The number of H-pyrrole nitrogens is 1. The average Bonchev–Trinajstić information content (AvgIpc) is 3.61. The maximum Gasteiger partial charge on any atom is 0.341 e. The number of benzene rings is 1. The molecule has 5 aromatic rings. The second-order valence-electron chi connectivity index (χ2n) is 10.9. The molecule has 2 aliphatic heterocycles. The molecule has 0 unspecified atom stereocenters. The van der Waals surface area contributed by atoms with Crippen LogP contribution in [-0.4, -0.2) is 75.3 Å². The summed E-state index contributed by atoms with van der Waals surface area (Å²) in [5, 5.41) is 14.4. The third-order valence-electron chi connectivity index (χ3n) is 8.51. The first kappa shape index (κ1) is 24.5. The highest BCUT2D eigenvalue weighted by Crippen LogP contribution is 2.46. The summed E-state index contributed by atoms with van der Waals surface area (Å²) in [6.45, 7) is 2.76. The Kier molecular flexibility index (Phi) is 5.36. The van der Waals surface area contributed by atoms with Crippen molar-refractivity contribution < 1.29 is 14.3 Å². The predicted octanol–water partition coefficient (Wildman–Crippen LogP) is 3.65. The summed E-state index contributed by atoms with van der Waals surface area (Å²) in [5.74, 6) is -1.13. The van der Waals surface area contributed by atoms with E-state index in [1.54, 1.807) is 37.1 Å². The second-order valence-corrected chi connectivity index (χ2v) is 10.9. The van der Waals surface area contributed by atoms with E-state index < -0.39 is 11.4 Å². The third kappa shape index (κ3) is 3.50. The summed E-state index contributed by atoms with van der Waals surface area (Å²) in [5.41, 5.74) is 3.85. The predicted molar refractivity (Wildman–Crippen MR) is 153 cm³/mol. The Labute approximate surface area is 228 Å².